The average molecular weight is 414 g/mol. The number of para-hydroxylation sites is 1. The summed E-state index contributed by atoms with van der Waals surface area (Å²) >= 11 is 3.37. The minimum Gasteiger partial charge on any atom is -0.497 e. The zero-order chi connectivity index (χ0) is 18.5. The molecule has 0 atom stereocenters. The van der Waals surface area contributed by atoms with Crippen LogP contribution < -0.4 is 15.6 Å². The third-order valence-electron chi connectivity index (χ3n) is 3.67. The van der Waals surface area contributed by atoms with Crippen LogP contribution in [0.1, 0.15) is 0 Å². The number of rotatable bonds is 5. The number of anilines is 1. The Bertz CT molecular complexity index is 1000. The molecule has 1 N–H and O–H groups in total. The van der Waals surface area contributed by atoms with E-state index in [0.29, 0.717) is 17.1 Å². The van der Waals surface area contributed by atoms with Crippen molar-refractivity contribution in [3.05, 3.63) is 75.5 Å². The van der Waals surface area contributed by atoms with Crippen LogP contribution in [-0.4, -0.2) is 22.8 Å². The number of hydrogen-bond acceptors (Lipinski definition) is 4. The number of carbonyl (C=O) groups is 1. The second-order valence-electron chi connectivity index (χ2n) is 5.47. The fraction of sp³-hybridized carbons (Fsp3) is 0.105. The lowest BCUT2D eigenvalue weighted by Crippen LogP contribution is -2.29. The number of halogens is 1. The van der Waals surface area contributed by atoms with Crippen LogP contribution in [0.3, 0.4) is 0 Å². The van der Waals surface area contributed by atoms with Gasteiger partial charge in [0.2, 0.25) is 5.91 Å². The maximum absolute atomic E-state index is 12.3. The molecule has 6 nitrogen and oxygen atoms in total. The SMILES string of the molecule is COc1cccc(-c2ccc(=O)n(CC(=O)Nc3ccccc3Br)n2)c1. The lowest BCUT2D eigenvalue weighted by molar-refractivity contribution is -0.117. The number of benzene rings is 2. The number of hydrogen-bond donors (Lipinski definition) is 1. The zero-order valence-electron chi connectivity index (χ0n) is 14.0. The Morgan fingerprint density at radius 3 is 2.73 bits per heavy atom. The predicted molar refractivity (Wildman–Crippen MR) is 103 cm³/mol. The molecule has 0 aliphatic rings. The molecule has 0 spiro atoms. The number of aromatic nitrogens is 2. The van der Waals surface area contributed by atoms with Crippen LogP contribution in [0.2, 0.25) is 0 Å². The molecule has 1 aromatic heterocycles. The molecule has 0 saturated heterocycles. The number of amides is 1. The number of methoxy groups -OCH3 is 1. The third kappa shape index (κ3) is 4.18. The van der Waals surface area contributed by atoms with Gasteiger partial charge in [-0.2, -0.15) is 5.10 Å². The number of ether oxygens (including phenoxy) is 1. The van der Waals surface area contributed by atoms with Crippen molar-refractivity contribution in [1.29, 1.82) is 0 Å². The first kappa shape index (κ1) is 17.9. The minimum atomic E-state index is -0.348. The van der Waals surface area contributed by atoms with E-state index in [1.165, 1.54) is 6.07 Å². The molecule has 0 aliphatic carbocycles. The van der Waals surface area contributed by atoms with Gasteiger partial charge in [-0.3, -0.25) is 9.59 Å². The monoisotopic (exact) mass is 413 g/mol. The Morgan fingerprint density at radius 1 is 1.15 bits per heavy atom. The first-order valence-electron chi connectivity index (χ1n) is 7.84. The van der Waals surface area contributed by atoms with E-state index in [0.717, 1.165) is 14.7 Å². The molecule has 0 radical (unpaired) electrons. The van der Waals surface area contributed by atoms with E-state index < -0.39 is 0 Å². The van der Waals surface area contributed by atoms with Gasteiger partial charge in [0, 0.05) is 16.1 Å². The maximum atomic E-state index is 12.3. The van der Waals surface area contributed by atoms with Gasteiger partial charge in [-0.25, -0.2) is 4.68 Å². The number of nitrogens with one attached hydrogen (secondary N) is 1. The van der Waals surface area contributed by atoms with Gasteiger partial charge in [-0.1, -0.05) is 24.3 Å². The summed E-state index contributed by atoms with van der Waals surface area (Å²) in [5.41, 5.74) is 1.66. The summed E-state index contributed by atoms with van der Waals surface area (Å²) in [6, 6.07) is 17.6. The lowest BCUT2D eigenvalue weighted by Gasteiger charge is -2.10. The van der Waals surface area contributed by atoms with Crippen LogP contribution in [0, 0.1) is 0 Å². The Balaban J connectivity index is 1.83. The standard InChI is InChI=1S/C19H16BrN3O3/c1-26-14-6-4-5-13(11-14)16-9-10-19(25)23(22-16)12-18(24)21-17-8-3-2-7-15(17)20/h2-11H,12H2,1H3,(H,21,24). The molecule has 7 heteroatoms. The molecule has 0 saturated carbocycles. The summed E-state index contributed by atoms with van der Waals surface area (Å²) < 4.78 is 7.11. The Hall–Kier alpha value is -2.93. The first-order valence-corrected chi connectivity index (χ1v) is 8.63. The zero-order valence-corrected chi connectivity index (χ0v) is 15.6. The molecule has 0 aliphatic heterocycles. The van der Waals surface area contributed by atoms with E-state index in [-0.39, 0.29) is 18.0 Å². The van der Waals surface area contributed by atoms with Gasteiger partial charge in [-0.15, -0.1) is 0 Å². The van der Waals surface area contributed by atoms with Crippen LogP contribution >= 0.6 is 15.9 Å². The highest BCUT2D eigenvalue weighted by atomic mass is 79.9. The summed E-state index contributed by atoms with van der Waals surface area (Å²) in [4.78, 5) is 24.4. The van der Waals surface area contributed by atoms with Gasteiger partial charge in [-0.05, 0) is 46.3 Å². The second kappa shape index (κ2) is 7.97. The highest BCUT2D eigenvalue weighted by molar-refractivity contribution is 9.10. The van der Waals surface area contributed by atoms with Crippen molar-refractivity contribution in [3.63, 3.8) is 0 Å². The lowest BCUT2D eigenvalue weighted by atomic mass is 10.1. The third-order valence-corrected chi connectivity index (χ3v) is 4.36. The van der Waals surface area contributed by atoms with E-state index in [1.807, 2.05) is 42.5 Å². The number of nitrogens with zero attached hydrogens (tertiary/aromatic N) is 2. The van der Waals surface area contributed by atoms with Crippen molar-refractivity contribution >= 4 is 27.5 Å². The van der Waals surface area contributed by atoms with Gasteiger partial charge in [0.1, 0.15) is 12.3 Å². The van der Waals surface area contributed by atoms with Crippen molar-refractivity contribution in [2.24, 2.45) is 0 Å². The maximum Gasteiger partial charge on any atom is 0.267 e. The Kier molecular flexibility index (Phi) is 5.48. The summed E-state index contributed by atoms with van der Waals surface area (Å²) in [6.45, 7) is -0.183. The van der Waals surface area contributed by atoms with Crippen molar-refractivity contribution < 1.29 is 9.53 Å². The molecular formula is C19H16BrN3O3. The summed E-state index contributed by atoms with van der Waals surface area (Å²) in [6.07, 6.45) is 0. The number of carbonyl (C=O) groups excluding carboxylic acids is 1. The van der Waals surface area contributed by atoms with E-state index in [4.69, 9.17) is 4.74 Å². The van der Waals surface area contributed by atoms with Crippen molar-refractivity contribution in [1.82, 2.24) is 9.78 Å². The predicted octanol–water partition coefficient (Wildman–Crippen LogP) is 3.32. The quantitative estimate of drug-likeness (QED) is 0.695. The molecule has 2 aromatic carbocycles. The smallest absolute Gasteiger partial charge is 0.267 e. The summed E-state index contributed by atoms with van der Waals surface area (Å²) in [7, 11) is 1.58. The van der Waals surface area contributed by atoms with Crippen LogP contribution in [-0.2, 0) is 11.3 Å². The van der Waals surface area contributed by atoms with Gasteiger partial charge in [0.15, 0.2) is 0 Å². The van der Waals surface area contributed by atoms with Crippen LogP contribution in [0.4, 0.5) is 5.69 Å². The van der Waals surface area contributed by atoms with E-state index in [9.17, 15) is 9.59 Å². The molecule has 0 fully saturated rings. The van der Waals surface area contributed by atoms with Gasteiger partial charge in [0.25, 0.3) is 5.56 Å². The van der Waals surface area contributed by atoms with Crippen molar-refractivity contribution in [3.8, 4) is 17.0 Å². The van der Waals surface area contributed by atoms with Crippen molar-refractivity contribution in [2.45, 2.75) is 6.54 Å². The molecule has 26 heavy (non-hydrogen) atoms. The summed E-state index contributed by atoms with van der Waals surface area (Å²) in [5, 5.41) is 7.06. The highest BCUT2D eigenvalue weighted by Crippen LogP contribution is 2.22. The Morgan fingerprint density at radius 2 is 1.96 bits per heavy atom. The highest BCUT2D eigenvalue weighted by Gasteiger charge is 2.10. The second-order valence-corrected chi connectivity index (χ2v) is 6.33. The summed E-state index contributed by atoms with van der Waals surface area (Å²) in [5.74, 6) is 0.350. The molecule has 1 heterocycles. The molecule has 3 aromatic rings. The van der Waals surface area contributed by atoms with Gasteiger partial charge >= 0.3 is 0 Å². The molecule has 0 unspecified atom stereocenters. The van der Waals surface area contributed by atoms with Crippen LogP contribution in [0.15, 0.2) is 69.9 Å². The van der Waals surface area contributed by atoms with Gasteiger partial charge < -0.3 is 10.1 Å². The molecule has 3 rings (SSSR count). The van der Waals surface area contributed by atoms with Crippen molar-refractivity contribution in [2.75, 3.05) is 12.4 Å². The van der Waals surface area contributed by atoms with E-state index >= 15 is 0 Å². The molecular weight excluding hydrogens is 398 g/mol. The van der Waals surface area contributed by atoms with Crippen LogP contribution in [0.5, 0.6) is 5.75 Å². The minimum absolute atomic E-state index is 0.183. The topological polar surface area (TPSA) is 73.2 Å². The fourth-order valence-corrected chi connectivity index (χ4v) is 2.77. The Labute approximate surface area is 158 Å². The van der Waals surface area contributed by atoms with E-state index in [1.54, 1.807) is 19.2 Å². The first-order chi connectivity index (χ1) is 12.6. The largest absolute Gasteiger partial charge is 0.497 e. The fourth-order valence-electron chi connectivity index (χ4n) is 2.39. The van der Waals surface area contributed by atoms with Gasteiger partial charge in [0.05, 0.1) is 18.5 Å². The molecule has 0 bridgehead atoms. The molecule has 1 amide bonds. The molecule has 132 valence electrons. The van der Waals surface area contributed by atoms with E-state index in [2.05, 4.69) is 26.3 Å². The van der Waals surface area contributed by atoms with Crippen LogP contribution in [0.25, 0.3) is 11.3 Å². The normalized spacial score (nSPS) is 10.4. The average Bonchev–Trinajstić information content (AvgIpc) is 2.65.